The third-order valence-corrected chi connectivity index (χ3v) is 3.93. The summed E-state index contributed by atoms with van der Waals surface area (Å²) in [4.78, 5) is 9.88. The third kappa shape index (κ3) is 2.45. The molecule has 0 fully saturated rings. The van der Waals surface area contributed by atoms with Crippen molar-refractivity contribution in [3.05, 3.63) is 35.7 Å². The molecule has 2 N–H and O–H groups in total. The molecule has 0 radical (unpaired) electrons. The van der Waals surface area contributed by atoms with Crippen molar-refractivity contribution in [2.24, 2.45) is 7.05 Å². The molecule has 0 atom stereocenters. The zero-order valence-corrected chi connectivity index (χ0v) is 14.1. The summed E-state index contributed by atoms with van der Waals surface area (Å²) in [5.41, 5.74) is 8.09. The van der Waals surface area contributed by atoms with Gasteiger partial charge in [0.15, 0.2) is 11.6 Å². The Labute approximate surface area is 147 Å². The Hall–Kier alpha value is -3.20. The van der Waals surface area contributed by atoms with E-state index in [0.717, 1.165) is 5.56 Å². The SMILES string of the molecule is COc1c(-c2nnn(C)n2)cccc1-c1nc(N)c2cnc(Cl)cn12. The molecule has 0 saturated carbocycles. The van der Waals surface area contributed by atoms with Gasteiger partial charge in [-0.05, 0) is 17.3 Å². The number of methoxy groups -OCH3 is 1. The van der Waals surface area contributed by atoms with Gasteiger partial charge in [-0.1, -0.05) is 17.7 Å². The van der Waals surface area contributed by atoms with Crippen LogP contribution in [-0.4, -0.2) is 41.7 Å². The summed E-state index contributed by atoms with van der Waals surface area (Å²) in [5.74, 6) is 1.95. The number of benzene rings is 1. The molecule has 3 heterocycles. The van der Waals surface area contributed by atoms with Crippen LogP contribution in [0, 0.1) is 0 Å². The second-order valence-electron chi connectivity index (χ2n) is 5.27. The van der Waals surface area contributed by atoms with Crippen LogP contribution < -0.4 is 10.5 Å². The average Bonchev–Trinajstić information content (AvgIpc) is 3.17. The van der Waals surface area contributed by atoms with Crippen LogP contribution in [0.1, 0.15) is 0 Å². The Bertz CT molecular complexity index is 1090. The molecule has 0 spiro atoms. The monoisotopic (exact) mass is 356 g/mol. The number of aromatic nitrogens is 7. The number of tetrazole rings is 1. The number of halogens is 1. The molecule has 0 bridgehead atoms. The van der Waals surface area contributed by atoms with Crippen molar-refractivity contribution in [2.45, 2.75) is 0 Å². The molecule has 0 saturated heterocycles. The standard InChI is InChI=1S/C15H13ClN8O/c1-23-21-14(20-22-23)8-4-3-5-9(12(8)25-2)15-19-13(17)10-6-18-11(16)7-24(10)15/h3-7H,17H2,1-2H3. The van der Waals surface area contributed by atoms with Gasteiger partial charge in [-0.25, -0.2) is 9.97 Å². The lowest BCUT2D eigenvalue weighted by Crippen LogP contribution is -1.97. The van der Waals surface area contributed by atoms with Crippen LogP contribution in [0.2, 0.25) is 5.15 Å². The van der Waals surface area contributed by atoms with Crippen LogP contribution in [-0.2, 0) is 7.05 Å². The summed E-state index contributed by atoms with van der Waals surface area (Å²) in [5, 5.41) is 12.5. The van der Waals surface area contributed by atoms with E-state index in [0.29, 0.717) is 39.4 Å². The van der Waals surface area contributed by atoms with Gasteiger partial charge in [-0.15, -0.1) is 10.2 Å². The lowest BCUT2D eigenvalue weighted by atomic mass is 10.1. The summed E-state index contributed by atoms with van der Waals surface area (Å²) in [7, 11) is 3.27. The van der Waals surface area contributed by atoms with E-state index in [9.17, 15) is 0 Å². The minimum Gasteiger partial charge on any atom is -0.495 e. The van der Waals surface area contributed by atoms with Crippen molar-refractivity contribution in [3.8, 4) is 28.5 Å². The number of ether oxygens (including phenoxy) is 1. The molecule has 0 unspecified atom stereocenters. The van der Waals surface area contributed by atoms with Crippen LogP contribution in [0.25, 0.3) is 28.3 Å². The van der Waals surface area contributed by atoms with Crippen molar-refractivity contribution in [1.82, 2.24) is 34.6 Å². The molecule has 126 valence electrons. The largest absolute Gasteiger partial charge is 0.495 e. The molecule has 0 aliphatic rings. The highest BCUT2D eigenvalue weighted by atomic mass is 35.5. The number of hydrogen-bond donors (Lipinski definition) is 1. The fourth-order valence-corrected chi connectivity index (χ4v) is 2.82. The number of nitrogen functional groups attached to an aromatic ring is 1. The number of hydrogen-bond acceptors (Lipinski definition) is 7. The maximum atomic E-state index is 6.03. The third-order valence-electron chi connectivity index (χ3n) is 3.73. The molecule has 9 nitrogen and oxygen atoms in total. The highest BCUT2D eigenvalue weighted by Crippen LogP contribution is 2.38. The number of nitrogens with zero attached hydrogens (tertiary/aromatic N) is 7. The smallest absolute Gasteiger partial charge is 0.208 e. The first kappa shape index (κ1) is 15.3. The van der Waals surface area contributed by atoms with E-state index < -0.39 is 0 Å². The first-order valence-electron chi connectivity index (χ1n) is 7.29. The van der Waals surface area contributed by atoms with Crippen LogP contribution >= 0.6 is 11.6 Å². The van der Waals surface area contributed by atoms with E-state index in [4.69, 9.17) is 22.1 Å². The van der Waals surface area contributed by atoms with Crippen LogP contribution in [0.4, 0.5) is 5.82 Å². The van der Waals surface area contributed by atoms with E-state index in [1.807, 2.05) is 18.2 Å². The molecule has 25 heavy (non-hydrogen) atoms. The Morgan fingerprint density at radius 3 is 2.76 bits per heavy atom. The molecular formula is C15H13ClN8O. The maximum absolute atomic E-state index is 6.03. The van der Waals surface area contributed by atoms with Crippen molar-refractivity contribution in [2.75, 3.05) is 12.8 Å². The zero-order chi connectivity index (χ0) is 17.6. The summed E-state index contributed by atoms with van der Waals surface area (Å²) >= 11 is 6.03. The first-order valence-corrected chi connectivity index (χ1v) is 7.67. The highest BCUT2D eigenvalue weighted by Gasteiger charge is 2.20. The lowest BCUT2D eigenvalue weighted by molar-refractivity contribution is 0.417. The second-order valence-corrected chi connectivity index (χ2v) is 5.66. The number of imidazole rings is 1. The predicted molar refractivity (Wildman–Crippen MR) is 92.2 cm³/mol. The normalized spacial score (nSPS) is 11.2. The number of rotatable bonds is 3. The summed E-state index contributed by atoms with van der Waals surface area (Å²) in [6, 6.07) is 5.60. The molecule has 3 aromatic heterocycles. The molecule has 4 aromatic rings. The molecule has 0 aliphatic heterocycles. The Morgan fingerprint density at radius 1 is 1.24 bits per heavy atom. The van der Waals surface area contributed by atoms with E-state index in [-0.39, 0.29) is 0 Å². The number of fused-ring (bicyclic) bond motifs is 1. The van der Waals surface area contributed by atoms with Gasteiger partial charge in [0.05, 0.1) is 31.5 Å². The molecule has 4 rings (SSSR count). The molecule has 10 heteroatoms. The van der Waals surface area contributed by atoms with Crippen molar-refractivity contribution >= 4 is 22.9 Å². The van der Waals surface area contributed by atoms with E-state index in [2.05, 4.69) is 25.4 Å². The number of nitrogens with two attached hydrogens (primary N) is 1. The quantitative estimate of drug-likeness (QED) is 0.596. The summed E-state index contributed by atoms with van der Waals surface area (Å²) in [6.45, 7) is 0. The topological polar surface area (TPSA) is 109 Å². The van der Waals surface area contributed by atoms with Crippen molar-refractivity contribution in [3.63, 3.8) is 0 Å². The van der Waals surface area contributed by atoms with Crippen LogP contribution in [0.5, 0.6) is 5.75 Å². The molecule has 1 aromatic carbocycles. The lowest BCUT2D eigenvalue weighted by Gasteiger charge is -2.11. The maximum Gasteiger partial charge on any atom is 0.208 e. The van der Waals surface area contributed by atoms with E-state index in [1.165, 1.54) is 4.80 Å². The van der Waals surface area contributed by atoms with Gasteiger partial charge in [0.2, 0.25) is 5.82 Å². The minimum absolute atomic E-state index is 0.330. The fraction of sp³-hybridized carbons (Fsp3) is 0.133. The molecular weight excluding hydrogens is 344 g/mol. The number of anilines is 1. The van der Waals surface area contributed by atoms with Gasteiger partial charge in [0.1, 0.15) is 16.4 Å². The Morgan fingerprint density at radius 2 is 2.04 bits per heavy atom. The summed E-state index contributed by atoms with van der Waals surface area (Å²) in [6.07, 6.45) is 3.23. The van der Waals surface area contributed by atoms with E-state index in [1.54, 1.807) is 31.0 Å². The van der Waals surface area contributed by atoms with Gasteiger partial charge < -0.3 is 10.5 Å². The number of para-hydroxylation sites is 1. The average molecular weight is 357 g/mol. The van der Waals surface area contributed by atoms with Crippen molar-refractivity contribution < 1.29 is 4.74 Å². The zero-order valence-electron chi connectivity index (χ0n) is 13.4. The van der Waals surface area contributed by atoms with Gasteiger partial charge in [0.25, 0.3) is 0 Å². The van der Waals surface area contributed by atoms with Gasteiger partial charge in [0, 0.05) is 6.20 Å². The highest BCUT2D eigenvalue weighted by molar-refractivity contribution is 6.29. The molecule has 0 aliphatic carbocycles. The summed E-state index contributed by atoms with van der Waals surface area (Å²) < 4.78 is 7.40. The number of aryl methyl sites for hydroxylation is 1. The van der Waals surface area contributed by atoms with Gasteiger partial charge >= 0.3 is 0 Å². The van der Waals surface area contributed by atoms with Gasteiger partial charge in [-0.2, -0.15) is 4.80 Å². The van der Waals surface area contributed by atoms with Gasteiger partial charge in [-0.3, -0.25) is 4.40 Å². The Kier molecular flexibility index (Phi) is 3.50. The van der Waals surface area contributed by atoms with Crippen LogP contribution in [0.15, 0.2) is 30.6 Å². The fourth-order valence-electron chi connectivity index (χ4n) is 2.68. The Balaban J connectivity index is 1.99. The second kappa shape index (κ2) is 5.71. The minimum atomic E-state index is 0.330. The predicted octanol–water partition coefficient (Wildman–Crippen LogP) is 1.83. The first-order chi connectivity index (χ1) is 12.1. The van der Waals surface area contributed by atoms with Crippen LogP contribution in [0.3, 0.4) is 0 Å². The molecule has 0 amide bonds. The van der Waals surface area contributed by atoms with Crippen molar-refractivity contribution in [1.29, 1.82) is 0 Å². The van der Waals surface area contributed by atoms with E-state index >= 15 is 0 Å².